The summed E-state index contributed by atoms with van der Waals surface area (Å²) in [5.41, 5.74) is -0.569. The molecule has 2 N–H and O–H groups in total. The third-order valence-corrected chi connectivity index (χ3v) is 7.41. The molecule has 158 valence electrons. The first-order valence-electron chi connectivity index (χ1n) is 9.20. The zero-order chi connectivity index (χ0) is 20.3. The average Bonchev–Trinajstić information content (AvgIpc) is 3.13. The maximum Gasteiger partial charge on any atom is 0.363 e. The van der Waals surface area contributed by atoms with Gasteiger partial charge in [-0.05, 0) is 31.0 Å². The number of rotatable bonds is 7. The largest absolute Gasteiger partial charge is 0.383 e. The minimum Gasteiger partial charge on any atom is -0.383 e. The predicted molar refractivity (Wildman–Crippen MR) is 104 cm³/mol. The van der Waals surface area contributed by atoms with Gasteiger partial charge in [0.1, 0.15) is 0 Å². The van der Waals surface area contributed by atoms with E-state index in [1.54, 1.807) is 18.7 Å². The van der Waals surface area contributed by atoms with Gasteiger partial charge in [-0.15, -0.1) is 0 Å². The van der Waals surface area contributed by atoms with Gasteiger partial charge in [0.05, 0.1) is 19.3 Å². The summed E-state index contributed by atoms with van der Waals surface area (Å²) >= 11 is 6.24. The molecule has 0 aliphatic carbocycles. The molecule has 10 nitrogen and oxygen atoms in total. The van der Waals surface area contributed by atoms with Crippen LogP contribution in [0.4, 0.5) is 0 Å². The van der Waals surface area contributed by atoms with Crippen molar-refractivity contribution in [1.29, 1.82) is 0 Å². The van der Waals surface area contributed by atoms with E-state index in [-0.39, 0.29) is 12.6 Å². The fraction of sp³-hybridized carbons (Fsp3) is 0.750. The van der Waals surface area contributed by atoms with Crippen LogP contribution in [0, 0.1) is 6.92 Å². The Kier molecular flexibility index (Phi) is 7.14. The molecule has 0 aromatic carbocycles. The van der Waals surface area contributed by atoms with E-state index in [1.807, 2.05) is 0 Å². The van der Waals surface area contributed by atoms with E-state index in [9.17, 15) is 14.2 Å². The van der Waals surface area contributed by atoms with Crippen molar-refractivity contribution in [2.75, 3.05) is 40.0 Å². The molecule has 2 aliphatic rings. The van der Waals surface area contributed by atoms with Crippen molar-refractivity contribution in [2.45, 2.75) is 38.1 Å². The van der Waals surface area contributed by atoms with Gasteiger partial charge in [-0.3, -0.25) is 18.9 Å². The molecule has 0 radical (unpaired) electrons. The molecule has 2 fully saturated rings. The highest BCUT2D eigenvalue weighted by Gasteiger charge is 2.39. The van der Waals surface area contributed by atoms with Crippen molar-refractivity contribution in [3.05, 3.63) is 32.6 Å². The Hall–Kier alpha value is -1.00. The van der Waals surface area contributed by atoms with Gasteiger partial charge in [0.25, 0.3) is 5.56 Å². The molecule has 0 spiro atoms. The van der Waals surface area contributed by atoms with E-state index in [0.29, 0.717) is 31.8 Å². The summed E-state index contributed by atoms with van der Waals surface area (Å²) in [6, 6.07) is -0.0332. The number of H-pyrrole nitrogens is 1. The van der Waals surface area contributed by atoms with Gasteiger partial charge in [0.15, 0.2) is 6.23 Å². The van der Waals surface area contributed by atoms with Crippen molar-refractivity contribution in [3.8, 4) is 0 Å². The number of aromatic nitrogens is 2. The monoisotopic (exact) mass is 436 g/mol. The lowest BCUT2D eigenvalue weighted by atomic mass is 10.2. The smallest absolute Gasteiger partial charge is 0.363 e. The molecule has 3 rings (SSSR count). The number of hydrogen-bond donors (Lipinski definition) is 2. The summed E-state index contributed by atoms with van der Waals surface area (Å²) in [6.07, 6.45) is 2.13. The Labute approximate surface area is 167 Å². The molecular formula is C16H26ClN4O6P. The number of nitrogens with one attached hydrogen (secondary N) is 2. The maximum absolute atomic E-state index is 12.9. The normalized spacial score (nSPS) is 28.3. The molecule has 4 unspecified atom stereocenters. The molecule has 3 heterocycles. The Morgan fingerprint density at radius 1 is 1.36 bits per heavy atom. The summed E-state index contributed by atoms with van der Waals surface area (Å²) in [5, 5.41) is 3.16. The highest BCUT2D eigenvalue weighted by Crippen LogP contribution is 2.59. The molecule has 1 aromatic heterocycles. The molecule has 2 aliphatic heterocycles. The lowest BCUT2D eigenvalue weighted by Gasteiger charge is -2.33. The summed E-state index contributed by atoms with van der Waals surface area (Å²) in [6.45, 7) is 0.00662. The van der Waals surface area contributed by atoms with Crippen LogP contribution in [-0.4, -0.2) is 66.3 Å². The Balaban J connectivity index is 1.62. The van der Waals surface area contributed by atoms with Crippen LogP contribution in [-0.2, 0) is 18.6 Å². The van der Waals surface area contributed by atoms with Gasteiger partial charge >= 0.3 is 12.6 Å². The van der Waals surface area contributed by atoms with Crippen LogP contribution in [0.1, 0.15) is 24.6 Å². The summed E-state index contributed by atoms with van der Waals surface area (Å²) in [5.74, 6) is 0. The third-order valence-electron chi connectivity index (χ3n) is 4.93. The van der Waals surface area contributed by atoms with Crippen molar-refractivity contribution >= 4 is 18.1 Å². The van der Waals surface area contributed by atoms with Gasteiger partial charge in [-0.25, -0.2) is 9.46 Å². The fourth-order valence-corrected chi connectivity index (χ4v) is 5.71. The summed E-state index contributed by atoms with van der Waals surface area (Å²) in [4.78, 5) is 25.9. The molecule has 28 heavy (non-hydrogen) atoms. The van der Waals surface area contributed by atoms with Crippen LogP contribution < -0.4 is 16.6 Å². The van der Waals surface area contributed by atoms with Crippen LogP contribution >= 0.6 is 18.1 Å². The van der Waals surface area contributed by atoms with Crippen molar-refractivity contribution in [1.82, 2.24) is 19.5 Å². The van der Waals surface area contributed by atoms with E-state index < -0.39 is 30.5 Å². The predicted octanol–water partition coefficient (Wildman–Crippen LogP) is 0.806. The van der Waals surface area contributed by atoms with Crippen molar-refractivity contribution in [2.24, 2.45) is 0 Å². The van der Waals surface area contributed by atoms with E-state index in [4.69, 9.17) is 25.2 Å². The number of methoxy groups -OCH3 is 1. The van der Waals surface area contributed by atoms with Crippen LogP contribution in [0.5, 0.6) is 0 Å². The number of hydrogen-bond acceptors (Lipinski definition) is 7. The van der Waals surface area contributed by atoms with Gasteiger partial charge in [0, 0.05) is 44.5 Å². The number of ether oxygens (including phenoxy) is 2. The van der Waals surface area contributed by atoms with Gasteiger partial charge in [-0.2, -0.15) is 0 Å². The minimum atomic E-state index is -3.51. The number of nitrogens with zero attached hydrogens (tertiary/aromatic N) is 2. The summed E-state index contributed by atoms with van der Waals surface area (Å²) in [7, 11) is 1.60. The number of halogens is 1. The second-order valence-corrected chi connectivity index (χ2v) is 9.97. The number of morpholine rings is 1. The highest BCUT2D eigenvalue weighted by atomic mass is 35.7. The molecular weight excluding hydrogens is 411 g/mol. The van der Waals surface area contributed by atoms with Crippen molar-refractivity contribution in [3.63, 3.8) is 0 Å². The zero-order valence-electron chi connectivity index (χ0n) is 15.9. The van der Waals surface area contributed by atoms with Crippen LogP contribution in [0.15, 0.2) is 15.8 Å². The second kappa shape index (κ2) is 9.21. The lowest BCUT2D eigenvalue weighted by molar-refractivity contribution is -0.0934. The fourth-order valence-electron chi connectivity index (χ4n) is 3.49. The summed E-state index contributed by atoms with van der Waals surface area (Å²) < 4.78 is 32.5. The van der Waals surface area contributed by atoms with Gasteiger partial charge in [0.2, 0.25) is 0 Å². The van der Waals surface area contributed by atoms with Crippen LogP contribution in [0.25, 0.3) is 0 Å². The Morgan fingerprint density at radius 2 is 2.14 bits per heavy atom. The first kappa shape index (κ1) is 21.7. The van der Waals surface area contributed by atoms with Gasteiger partial charge < -0.3 is 19.3 Å². The Bertz CT molecular complexity index is 845. The zero-order valence-corrected chi connectivity index (χ0v) is 17.6. The molecule has 12 heteroatoms. The second-order valence-electron chi connectivity index (χ2n) is 7.01. The minimum absolute atomic E-state index is 0.0115. The van der Waals surface area contributed by atoms with E-state index >= 15 is 0 Å². The van der Waals surface area contributed by atoms with Crippen molar-refractivity contribution < 1.29 is 18.6 Å². The topological polar surface area (TPSA) is 115 Å². The molecule has 1 aromatic rings. The third kappa shape index (κ3) is 4.94. The molecule has 0 saturated carbocycles. The highest BCUT2D eigenvalue weighted by molar-refractivity contribution is 7.83. The molecule has 0 bridgehead atoms. The molecule has 2 saturated heterocycles. The average molecular weight is 437 g/mol. The maximum atomic E-state index is 12.9. The Morgan fingerprint density at radius 3 is 2.89 bits per heavy atom. The molecule has 4 atom stereocenters. The van der Waals surface area contributed by atoms with Crippen LogP contribution in [0.3, 0.4) is 0 Å². The van der Waals surface area contributed by atoms with Crippen LogP contribution in [0.2, 0.25) is 0 Å². The lowest BCUT2D eigenvalue weighted by Crippen LogP contribution is -2.47. The first-order chi connectivity index (χ1) is 13.3. The first-order valence-corrected chi connectivity index (χ1v) is 11.7. The van der Waals surface area contributed by atoms with E-state index in [1.165, 1.54) is 10.8 Å². The quantitative estimate of drug-likeness (QED) is 0.603. The number of aromatic amines is 1. The van der Waals surface area contributed by atoms with Gasteiger partial charge in [-0.1, -0.05) is 0 Å². The standard InChI is InChI=1S/C16H26ClN4O6P/c1-11-8-20(16(23)19-15(11)22)14-7-18-6-13(27-14)10-26-28(17,24)21-5-3-4-12(21)9-25-2/h8,12-14,18H,3-7,9-10H2,1-2H3,(H,19,22,23). The molecule has 0 amide bonds. The SMILES string of the molecule is COCC1CCCN1P(=O)(Cl)OCC1CNCC(n2cc(C)c(=O)[nH]c2=O)O1. The van der Waals surface area contributed by atoms with E-state index in [2.05, 4.69) is 10.3 Å². The van der Waals surface area contributed by atoms with E-state index in [0.717, 1.165) is 12.8 Å². The number of aryl methyl sites for hydroxylation is 1.